The number of para-hydroxylation sites is 2. The number of ether oxygens (including phenoxy) is 4. The highest BCUT2D eigenvalue weighted by molar-refractivity contribution is 5.81. The van der Waals surface area contributed by atoms with E-state index < -0.39 is 29.5 Å². The van der Waals surface area contributed by atoms with Crippen LogP contribution >= 0.6 is 0 Å². The summed E-state index contributed by atoms with van der Waals surface area (Å²) >= 11 is 0. The Morgan fingerprint density at radius 1 is 0.545 bits per heavy atom. The lowest BCUT2D eigenvalue weighted by Gasteiger charge is -2.30. The molecule has 0 radical (unpaired) electrons. The Morgan fingerprint density at radius 3 is 1.40 bits per heavy atom. The predicted octanol–water partition coefficient (Wildman–Crippen LogP) is 10.6. The third-order valence-electron chi connectivity index (χ3n) is 10.3. The van der Waals surface area contributed by atoms with Crippen molar-refractivity contribution in [2.24, 2.45) is 17.3 Å². The fourth-order valence-electron chi connectivity index (χ4n) is 7.54. The number of aliphatic hydroxyl groups excluding tert-OH is 2. The Labute approximate surface area is 325 Å². The maximum Gasteiger partial charge on any atom is 0.138 e. The Kier molecular flexibility index (Phi) is 11.0. The van der Waals surface area contributed by atoms with Gasteiger partial charge in [0.25, 0.3) is 0 Å². The molecule has 0 amide bonds. The molecule has 1 aliphatic carbocycles. The van der Waals surface area contributed by atoms with Crippen molar-refractivity contribution >= 4 is 23.0 Å². The molecule has 0 bridgehead atoms. The topological polar surface area (TPSA) is 77.4 Å². The van der Waals surface area contributed by atoms with Crippen LogP contribution in [-0.2, 0) is 9.47 Å². The molecule has 2 heterocycles. The molecule has 3 aliphatic rings. The van der Waals surface area contributed by atoms with Gasteiger partial charge in [0.1, 0.15) is 34.5 Å². The maximum atomic E-state index is 12.2. The van der Waals surface area contributed by atoms with Crippen LogP contribution in [0.4, 0.5) is 0 Å². The number of aliphatic hydroxyl groups is 2. The van der Waals surface area contributed by atoms with E-state index in [9.17, 15) is 10.2 Å². The molecule has 6 heteroatoms. The lowest BCUT2D eigenvalue weighted by atomic mass is 9.78. The normalized spacial score (nSPS) is 23.5. The van der Waals surface area contributed by atoms with Gasteiger partial charge in [-0.1, -0.05) is 111 Å². The van der Waals surface area contributed by atoms with Gasteiger partial charge in [0.05, 0.1) is 35.5 Å². The first kappa shape index (κ1) is 37.7. The minimum atomic E-state index is -0.889. The van der Waals surface area contributed by atoms with Gasteiger partial charge in [-0.3, -0.25) is 0 Å². The summed E-state index contributed by atoms with van der Waals surface area (Å²) in [5.41, 5.74) is 4.52. The van der Waals surface area contributed by atoms with Gasteiger partial charge in [-0.25, -0.2) is 0 Å². The molecule has 55 heavy (non-hydrogen) atoms. The van der Waals surface area contributed by atoms with Crippen molar-refractivity contribution in [1.29, 1.82) is 0 Å². The highest BCUT2D eigenvalue weighted by Crippen LogP contribution is 2.50. The van der Waals surface area contributed by atoms with E-state index in [2.05, 4.69) is 6.08 Å². The number of benzene rings is 4. The first-order valence-electron chi connectivity index (χ1n) is 19.1. The van der Waals surface area contributed by atoms with Gasteiger partial charge >= 0.3 is 0 Å². The number of rotatable bonds is 10. The lowest BCUT2D eigenvalue weighted by Crippen LogP contribution is -2.31. The van der Waals surface area contributed by atoms with Crippen LogP contribution in [0.5, 0.6) is 11.5 Å². The van der Waals surface area contributed by atoms with Crippen LogP contribution in [0.25, 0.3) is 23.0 Å². The number of hydrogen-bond acceptors (Lipinski definition) is 6. The molecule has 2 aliphatic heterocycles. The van der Waals surface area contributed by atoms with Crippen molar-refractivity contribution in [2.75, 3.05) is 0 Å². The average molecular weight is 735 g/mol. The summed E-state index contributed by atoms with van der Waals surface area (Å²) < 4.78 is 25.5. The smallest absolute Gasteiger partial charge is 0.138 e. The Hall–Kier alpha value is -5.56. The van der Waals surface area contributed by atoms with Crippen LogP contribution in [0.2, 0.25) is 0 Å². The van der Waals surface area contributed by atoms with Crippen LogP contribution in [0.15, 0.2) is 157 Å². The molecule has 1 saturated carbocycles. The fourth-order valence-corrected chi connectivity index (χ4v) is 7.54. The van der Waals surface area contributed by atoms with Crippen molar-refractivity contribution in [3.8, 4) is 11.5 Å². The van der Waals surface area contributed by atoms with Crippen molar-refractivity contribution in [1.82, 2.24) is 0 Å². The van der Waals surface area contributed by atoms with Crippen LogP contribution in [0.3, 0.4) is 0 Å². The van der Waals surface area contributed by atoms with Gasteiger partial charge in [0.2, 0.25) is 0 Å². The van der Waals surface area contributed by atoms with Crippen LogP contribution in [-0.4, -0.2) is 34.6 Å². The Balaban J connectivity index is 1.29. The summed E-state index contributed by atoms with van der Waals surface area (Å²) in [5.74, 6) is 3.11. The fraction of sp³-hybridized carbons (Fsp3) is 0.265. The van der Waals surface area contributed by atoms with Crippen molar-refractivity contribution in [3.05, 3.63) is 179 Å². The largest absolute Gasteiger partial charge is 0.490 e. The number of allylic oxidation sites excluding steroid dienone is 6. The molecular weight excluding hydrogens is 685 g/mol. The maximum absolute atomic E-state index is 12.2. The van der Waals surface area contributed by atoms with E-state index in [1.807, 2.05) is 181 Å². The molecular formula is C49H50O6. The van der Waals surface area contributed by atoms with Crippen molar-refractivity contribution in [3.63, 3.8) is 0 Å². The van der Waals surface area contributed by atoms with Crippen LogP contribution < -0.4 is 9.47 Å². The standard InChI is InChI=1S/C49H50O6/c1-31(2)52-41-23-15-13-21-37(41)45-29-33(27-43(54-45)35-17-9-7-10-18-35)25-39-47(50)40(49(5,6)48(39)51)26-34-28-44(36-19-11-8-12-20-36)55-46(30-34)38-22-14-16-24-42(38)53-32(3)4/h7-32,39-40,47-48,50-51H,1-6H3/b33-25+,34-26+/t39-,40+,47?,48?/m0/s1. The average Bonchev–Trinajstić information content (AvgIpc) is 3.33. The molecule has 2 N–H and O–H groups in total. The summed E-state index contributed by atoms with van der Waals surface area (Å²) in [6, 6.07) is 35.6. The summed E-state index contributed by atoms with van der Waals surface area (Å²) in [6.45, 7) is 12.1. The summed E-state index contributed by atoms with van der Waals surface area (Å²) in [7, 11) is 0. The third-order valence-corrected chi connectivity index (χ3v) is 10.3. The van der Waals surface area contributed by atoms with Gasteiger partial charge in [0, 0.05) is 28.4 Å². The number of hydrogen-bond donors (Lipinski definition) is 2. The Bertz CT molecular complexity index is 2180. The Morgan fingerprint density at radius 2 is 0.945 bits per heavy atom. The van der Waals surface area contributed by atoms with E-state index >= 15 is 0 Å². The second-order valence-corrected chi connectivity index (χ2v) is 15.5. The van der Waals surface area contributed by atoms with Gasteiger partial charge < -0.3 is 29.2 Å². The minimum absolute atomic E-state index is 0.0187. The molecule has 0 aromatic heterocycles. The van der Waals surface area contributed by atoms with Crippen molar-refractivity contribution in [2.45, 2.75) is 66.0 Å². The van der Waals surface area contributed by atoms with E-state index in [4.69, 9.17) is 18.9 Å². The zero-order chi connectivity index (χ0) is 38.7. The molecule has 4 aromatic carbocycles. The van der Waals surface area contributed by atoms with Gasteiger partial charge in [-0.2, -0.15) is 0 Å². The minimum Gasteiger partial charge on any atom is -0.490 e. The van der Waals surface area contributed by atoms with Gasteiger partial charge in [-0.05, 0) is 87.4 Å². The molecule has 2 unspecified atom stereocenters. The quantitative estimate of drug-likeness (QED) is 0.169. The second kappa shape index (κ2) is 16.0. The molecule has 4 aromatic rings. The van der Waals surface area contributed by atoms with Crippen LogP contribution in [0, 0.1) is 17.3 Å². The molecule has 4 atom stereocenters. The van der Waals surface area contributed by atoms with Gasteiger partial charge in [-0.15, -0.1) is 0 Å². The summed E-state index contributed by atoms with van der Waals surface area (Å²) in [5, 5.41) is 24.2. The van der Waals surface area contributed by atoms with Crippen molar-refractivity contribution < 1.29 is 29.2 Å². The van der Waals surface area contributed by atoms with Gasteiger partial charge in [0.15, 0.2) is 0 Å². The van der Waals surface area contributed by atoms with E-state index in [-0.39, 0.29) is 12.2 Å². The third kappa shape index (κ3) is 8.26. The molecule has 0 spiro atoms. The second-order valence-electron chi connectivity index (χ2n) is 15.5. The highest BCUT2D eigenvalue weighted by atomic mass is 16.5. The molecule has 6 nitrogen and oxygen atoms in total. The first-order valence-corrected chi connectivity index (χ1v) is 19.1. The molecule has 282 valence electrons. The zero-order valence-electron chi connectivity index (χ0n) is 32.3. The first-order chi connectivity index (χ1) is 26.5. The van der Waals surface area contributed by atoms with E-state index in [0.29, 0.717) is 23.0 Å². The zero-order valence-corrected chi connectivity index (χ0v) is 32.3. The highest BCUT2D eigenvalue weighted by Gasteiger charge is 2.53. The monoisotopic (exact) mass is 734 g/mol. The summed E-state index contributed by atoms with van der Waals surface area (Å²) in [6.07, 6.45) is 10.2. The molecule has 7 rings (SSSR count). The lowest BCUT2D eigenvalue weighted by molar-refractivity contribution is 0.0462. The van der Waals surface area contributed by atoms with E-state index in [1.165, 1.54) is 0 Å². The summed E-state index contributed by atoms with van der Waals surface area (Å²) in [4.78, 5) is 0. The SMILES string of the molecule is CC(C)Oc1ccccc1C1=C/C(=C/[C@H]2C(O)[C@@H](/C=C3\C=C(c4ccccc4)OC(c4ccccc4OC(C)C)=C3)C(C)(C)C2O)C=C(c2ccccc2)O1. The van der Waals surface area contributed by atoms with Crippen LogP contribution in [0.1, 0.15) is 63.8 Å². The molecule has 0 saturated heterocycles. The van der Waals surface area contributed by atoms with E-state index in [1.54, 1.807) is 0 Å². The van der Waals surface area contributed by atoms with E-state index in [0.717, 1.165) is 44.9 Å². The predicted molar refractivity (Wildman–Crippen MR) is 220 cm³/mol. The molecule has 1 fully saturated rings.